The molecule has 1 heterocycles. The van der Waals surface area contributed by atoms with Gasteiger partial charge in [-0.05, 0) is 18.9 Å². The number of carbonyl (C=O) groups is 1. The number of halogens is 1. The fraction of sp³-hybridized carbons (Fsp3) is 0.583. The maximum Gasteiger partial charge on any atom is 0.354 e. The standard InChI is InChI=1S/C12H18ClNO2/c1-3-5-7-16-12(15)11-8-10(13)9-14(11)6-4-2/h8-9H,3-7H2,1-2H3. The fourth-order valence-electron chi connectivity index (χ4n) is 1.45. The molecule has 0 radical (unpaired) electrons. The van der Waals surface area contributed by atoms with Gasteiger partial charge < -0.3 is 9.30 Å². The number of nitrogens with zero attached hydrogens (tertiary/aromatic N) is 1. The lowest BCUT2D eigenvalue weighted by Crippen LogP contribution is -2.12. The van der Waals surface area contributed by atoms with Crippen molar-refractivity contribution in [2.75, 3.05) is 6.61 Å². The summed E-state index contributed by atoms with van der Waals surface area (Å²) in [7, 11) is 0. The first-order valence-electron chi connectivity index (χ1n) is 5.71. The van der Waals surface area contributed by atoms with E-state index in [1.807, 2.05) is 4.57 Å². The minimum atomic E-state index is -0.284. The zero-order valence-corrected chi connectivity index (χ0v) is 10.6. The van der Waals surface area contributed by atoms with Gasteiger partial charge in [0.05, 0.1) is 11.6 Å². The van der Waals surface area contributed by atoms with Crippen LogP contribution in [-0.4, -0.2) is 17.1 Å². The van der Waals surface area contributed by atoms with Crippen LogP contribution in [0.5, 0.6) is 0 Å². The molecule has 0 unspecified atom stereocenters. The molecule has 0 saturated carbocycles. The van der Waals surface area contributed by atoms with Gasteiger partial charge >= 0.3 is 5.97 Å². The van der Waals surface area contributed by atoms with Crippen molar-refractivity contribution in [3.05, 3.63) is 23.0 Å². The van der Waals surface area contributed by atoms with Crippen LogP contribution in [-0.2, 0) is 11.3 Å². The lowest BCUT2D eigenvalue weighted by Gasteiger charge is -2.07. The topological polar surface area (TPSA) is 31.2 Å². The van der Waals surface area contributed by atoms with E-state index < -0.39 is 0 Å². The molecule has 0 N–H and O–H groups in total. The second kappa shape index (κ2) is 6.59. The molecule has 90 valence electrons. The summed E-state index contributed by atoms with van der Waals surface area (Å²) < 4.78 is 6.99. The maximum absolute atomic E-state index is 11.7. The molecular formula is C12H18ClNO2. The van der Waals surface area contributed by atoms with E-state index in [9.17, 15) is 4.79 Å². The van der Waals surface area contributed by atoms with E-state index in [1.54, 1.807) is 12.3 Å². The molecule has 0 atom stereocenters. The molecule has 16 heavy (non-hydrogen) atoms. The van der Waals surface area contributed by atoms with E-state index in [-0.39, 0.29) is 5.97 Å². The summed E-state index contributed by atoms with van der Waals surface area (Å²) in [5.74, 6) is -0.284. The molecule has 0 fully saturated rings. The summed E-state index contributed by atoms with van der Waals surface area (Å²) in [6.07, 6.45) is 4.64. The lowest BCUT2D eigenvalue weighted by atomic mass is 10.3. The van der Waals surface area contributed by atoms with Gasteiger partial charge in [0.2, 0.25) is 0 Å². The van der Waals surface area contributed by atoms with Crippen molar-refractivity contribution in [1.82, 2.24) is 4.57 Å². The smallest absolute Gasteiger partial charge is 0.354 e. The molecule has 0 aromatic carbocycles. The maximum atomic E-state index is 11.7. The molecule has 1 aromatic rings. The molecule has 4 heteroatoms. The highest BCUT2D eigenvalue weighted by Crippen LogP contribution is 2.15. The van der Waals surface area contributed by atoms with Gasteiger partial charge in [0.15, 0.2) is 0 Å². The average Bonchev–Trinajstić information content (AvgIpc) is 2.60. The quantitative estimate of drug-likeness (QED) is 0.566. The Kier molecular flexibility index (Phi) is 5.39. The van der Waals surface area contributed by atoms with Gasteiger partial charge in [0.25, 0.3) is 0 Å². The predicted molar refractivity (Wildman–Crippen MR) is 64.9 cm³/mol. The predicted octanol–water partition coefficient (Wildman–Crippen LogP) is 3.51. The molecule has 1 rings (SSSR count). The van der Waals surface area contributed by atoms with Crippen LogP contribution in [0.2, 0.25) is 5.02 Å². The molecule has 0 aliphatic rings. The number of rotatable bonds is 6. The second-order valence-corrected chi connectivity index (χ2v) is 4.16. The van der Waals surface area contributed by atoms with Gasteiger partial charge in [-0.3, -0.25) is 0 Å². The number of ether oxygens (including phenoxy) is 1. The van der Waals surface area contributed by atoms with Crippen molar-refractivity contribution in [3.8, 4) is 0 Å². The number of aryl methyl sites for hydroxylation is 1. The van der Waals surface area contributed by atoms with Gasteiger partial charge in [-0.1, -0.05) is 31.9 Å². The van der Waals surface area contributed by atoms with E-state index >= 15 is 0 Å². The summed E-state index contributed by atoms with van der Waals surface area (Å²) >= 11 is 5.88. The third-order valence-corrected chi connectivity index (χ3v) is 2.47. The monoisotopic (exact) mass is 243 g/mol. The zero-order valence-electron chi connectivity index (χ0n) is 9.83. The van der Waals surface area contributed by atoms with Gasteiger partial charge in [-0.25, -0.2) is 4.79 Å². The van der Waals surface area contributed by atoms with Gasteiger partial charge in [0.1, 0.15) is 5.69 Å². The third-order valence-electron chi connectivity index (χ3n) is 2.27. The highest BCUT2D eigenvalue weighted by Gasteiger charge is 2.13. The molecule has 0 bridgehead atoms. The summed E-state index contributed by atoms with van der Waals surface area (Å²) in [5.41, 5.74) is 0.544. The van der Waals surface area contributed by atoms with Gasteiger partial charge in [-0.2, -0.15) is 0 Å². The Bertz CT molecular complexity index is 347. The first-order valence-corrected chi connectivity index (χ1v) is 6.09. The summed E-state index contributed by atoms with van der Waals surface area (Å²) in [6.45, 7) is 5.37. The first kappa shape index (κ1) is 13.1. The Morgan fingerprint density at radius 2 is 2.19 bits per heavy atom. The minimum Gasteiger partial charge on any atom is -0.461 e. The second-order valence-electron chi connectivity index (χ2n) is 3.73. The van der Waals surface area contributed by atoms with Crippen molar-refractivity contribution in [2.45, 2.75) is 39.7 Å². The Hall–Kier alpha value is -0.960. The molecule has 0 aliphatic heterocycles. The van der Waals surface area contributed by atoms with E-state index in [1.165, 1.54) is 0 Å². The summed E-state index contributed by atoms with van der Waals surface area (Å²) in [4.78, 5) is 11.7. The Labute approximate surface area is 101 Å². The van der Waals surface area contributed by atoms with E-state index in [2.05, 4.69) is 13.8 Å². The van der Waals surface area contributed by atoms with Crippen molar-refractivity contribution in [3.63, 3.8) is 0 Å². The van der Waals surface area contributed by atoms with Gasteiger partial charge in [0, 0.05) is 12.7 Å². The van der Waals surface area contributed by atoms with Crippen molar-refractivity contribution >= 4 is 17.6 Å². The molecule has 3 nitrogen and oxygen atoms in total. The van der Waals surface area contributed by atoms with Crippen LogP contribution in [0.15, 0.2) is 12.3 Å². The number of carbonyl (C=O) groups excluding carboxylic acids is 1. The normalized spacial score (nSPS) is 10.4. The molecule has 0 aliphatic carbocycles. The van der Waals surface area contributed by atoms with Crippen LogP contribution in [0, 0.1) is 0 Å². The number of unbranched alkanes of at least 4 members (excludes halogenated alkanes) is 1. The Balaban J connectivity index is 2.66. The first-order chi connectivity index (χ1) is 7.69. The minimum absolute atomic E-state index is 0.284. The molecule has 0 amide bonds. The summed E-state index contributed by atoms with van der Waals surface area (Å²) in [5, 5.41) is 0.580. The number of hydrogen-bond acceptors (Lipinski definition) is 2. The van der Waals surface area contributed by atoms with Crippen LogP contribution in [0.3, 0.4) is 0 Å². The summed E-state index contributed by atoms with van der Waals surface area (Å²) in [6, 6.07) is 1.66. The van der Waals surface area contributed by atoms with Gasteiger partial charge in [-0.15, -0.1) is 0 Å². The number of aromatic nitrogens is 1. The lowest BCUT2D eigenvalue weighted by molar-refractivity contribution is 0.0487. The SMILES string of the molecule is CCCCOC(=O)c1cc(Cl)cn1CCC. The molecule has 0 spiro atoms. The highest BCUT2D eigenvalue weighted by atomic mass is 35.5. The highest BCUT2D eigenvalue weighted by molar-refractivity contribution is 6.30. The fourth-order valence-corrected chi connectivity index (χ4v) is 1.68. The van der Waals surface area contributed by atoms with Crippen LogP contribution in [0.4, 0.5) is 0 Å². The third kappa shape index (κ3) is 3.56. The molecule has 0 saturated heterocycles. The van der Waals surface area contributed by atoms with Crippen LogP contribution in [0.1, 0.15) is 43.6 Å². The van der Waals surface area contributed by atoms with Crippen LogP contribution >= 0.6 is 11.6 Å². The largest absolute Gasteiger partial charge is 0.461 e. The van der Waals surface area contributed by atoms with E-state index in [4.69, 9.17) is 16.3 Å². The Morgan fingerprint density at radius 3 is 2.81 bits per heavy atom. The molecular weight excluding hydrogens is 226 g/mol. The van der Waals surface area contributed by atoms with Crippen molar-refractivity contribution in [2.24, 2.45) is 0 Å². The Morgan fingerprint density at radius 1 is 1.44 bits per heavy atom. The molecule has 1 aromatic heterocycles. The van der Waals surface area contributed by atoms with Crippen LogP contribution < -0.4 is 0 Å². The van der Waals surface area contributed by atoms with Crippen molar-refractivity contribution < 1.29 is 9.53 Å². The van der Waals surface area contributed by atoms with Crippen molar-refractivity contribution in [1.29, 1.82) is 0 Å². The van der Waals surface area contributed by atoms with E-state index in [0.29, 0.717) is 17.3 Å². The number of esters is 1. The van der Waals surface area contributed by atoms with E-state index in [0.717, 1.165) is 25.8 Å². The van der Waals surface area contributed by atoms with Crippen LogP contribution in [0.25, 0.3) is 0 Å². The number of hydrogen-bond donors (Lipinski definition) is 0. The average molecular weight is 244 g/mol. The zero-order chi connectivity index (χ0) is 12.0.